The van der Waals surface area contributed by atoms with Gasteiger partial charge in [-0.25, -0.2) is 8.42 Å². The number of aryl methyl sites for hydroxylation is 1. The molecule has 0 fully saturated rings. The highest BCUT2D eigenvalue weighted by Crippen LogP contribution is 2.34. The number of hydrogen-bond acceptors (Lipinski definition) is 4. The number of ether oxygens (including phenoxy) is 2. The zero-order valence-corrected chi connectivity index (χ0v) is 14.1. The summed E-state index contributed by atoms with van der Waals surface area (Å²) in [7, 11) is 3.19. The summed E-state index contributed by atoms with van der Waals surface area (Å²) >= 11 is 3.25. The van der Waals surface area contributed by atoms with Crippen molar-refractivity contribution in [2.45, 2.75) is 31.3 Å². The predicted molar refractivity (Wildman–Crippen MR) is 78.5 cm³/mol. The maximum absolute atomic E-state index is 11.6. The zero-order valence-electron chi connectivity index (χ0n) is 10.9. The van der Waals surface area contributed by atoms with E-state index in [1.54, 1.807) is 20.1 Å². The van der Waals surface area contributed by atoms with Crippen molar-refractivity contribution in [2.24, 2.45) is 0 Å². The molecule has 0 saturated heterocycles. The summed E-state index contributed by atoms with van der Waals surface area (Å²) in [6.07, 6.45) is 0.491. The Bertz CT molecular complexity index is 545. The van der Waals surface area contributed by atoms with Gasteiger partial charge in [0.15, 0.2) is 0 Å². The van der Waals surface area contributed by atoms with Gasteiger partial charge >= 0.3 is 0 Å². The molecule has 0 aliphatic rings. The summed E-state index contributed by atoms with van der Waals surface area (Å²) in [6.45, 7) is 4.17. The van der Waals surface area contributed by atoms with Gasteiger partial charge in [0.1, 0.15) is 10.6 Å². The first-order chi connectivity index (χ1) is 8.75. The summed E-state index contributed by atoms with van der Waals surface area (Å²) < 4.78 is 34.5. The summed E-state index contributed by atoms with van der Waals surface area (Å²) in [4.78, 5) is -0.0229. The van der Waals surface area contributed by atoms with E-state index in [4.69, 9.17) is 20.2 Å². The van der Waals surface area contributed by atoms with Gasteiger partial charge in [-0.15, -0.1) is 0 Å². The SMILES string of the molecule is COCCC(C)Oc1c(C)cc(Br)cc1S(=O)(=O)Cl. The number of hydrogen-bond donors (Lipinski definition) is 0. The van der Waals surface area contributed by atoms with Crippen LogP contribution in [0.1, 0.15) is 18.9 Å². The van der Waals surface area contributed by atoms with E-state index in [9.17, 15) is 8.42 Å². The monoisotopic (exact) mass is 370 g/mol. The molecule has 0 aliphatic heterocycles. The first-order valence-electron chi connectivity index (χ1n) is 5.66. The standard InChI is InChI=1S/C12H16BrClO4S/c1-8-6-10(13)7-11(19(14,15)16)12(8)18-9(2)4-5-17-3/h6-7,9H,4-5H2,1-3H3. The molecule has 0 aliphatic carbocycles. The molecule has 0 N–H and O–H groups in total. The molecule has 0 spiro atoms. The molecule has 1 atom stereocenters. The topological polar surface area (TPSA) is 52.6 Å². The molecular formula is C12H16BrClO4S. The highest BCUT2D eigenvalue weighted by atomic mass is 79.9. The Morgan fingerprint density at radius 1 is 1.42 bits per heavy atom. The van der Waals surface area contributed by atoms with Crippen molar-refractivity contribution in [3.8, 4) is 5.75 Å². The Kier molecular flexibility index (Phi) is 6.11. The summed E-state index contributed by atoms with van der Waals surface area (Å²) in [5.74, 6) is 0.293. The lowest BCUT2D eigenvalue weighted by Gasteiger charge is -2.18. The fourth-order valence-corrected chi connectivity index (χ4v) is 3.34. The molecule has 0 radical (unpaired) electrons. The molecule has 19 heavy (non-hydrogen) atoms. The largest absolute Gasteiger partial charge is 0.489 e. The molecule has 1 rings (SSSR count). The van der Waals surface area contributed by atoms with Crippen molar-refractivity contribution in [3.63, 3.8) is 0 Å². The number of methoxy groups -OCH3 is 1. The van der Waals surface area contributed by atoms with Crippen LogP contribution in [0.2, 0.25) is 0 Å². The van der Waals surface area contributed by atoms with Crippen LogP contribution in [0.25, 0.3) is 0 Å². The molecule has 4 nitrogen and oxygen atoms in total. The highest BCUT2D eigenvalue weighted by Gasteiger charge is 2.21. The predicted octanol–water partition coefficient (Wildman–Crippen LogP) is 3.49. The molecule has 0 amide bonds. The minimum Gasteiger partial charge on any atom is -0.489 e. The van der Waals surface area contributed by atoms with Crippen LogP contribution in [0.3, 0.4) is 0 Å². The first-order valence-corrected chi connectivity index (χ1v) is 8.76. The molecule has 108 valence electrons. The molecule has 7 heteroatoms. The second-order valence-corrected chi connectivity index (χ2v) is 7.65. The van der Waals surface area contributed by atoms with E-state index in [2.05, 4.69) is 15.9 Å². The van der Waals surface area contributed by atoms with Gasteiger partial charge < -0.3 is 9.47 Å². The second kappa shape index (κ2) is 6.92. The lowest BCUT2D eigenvalue weighted by atomic mass is 10.2. The minimum atomic E-state index is -3.86. The van der Waals surface area contributed by atoms with E-state index in [-0.39, 0.29) is 11.0 Å². The average molecular weight is 372 g/mol. The molecule has 0 aromatic heterocycles. The lowest BCUT2D eigenvalue weighted by Crippen LogP contribution is -2.16. The fraction of sp³-hybridized carbons (Fsp3) is 0.500. The zero-order chi connectivity index (χ0) is 14.6. The van der Waals surface area contributed by atoms with Gasteiger partial charge in [0, 0.05) is 35.3 Å². The van der Waals surface area contributed by atoms with Crippen molar-refractivity contribution in [3.05, 3.63) is 22.2 Å². The highest BCUT2D eigenvalue weighted by molar-refractivity contribution is 9.10. The van der Waals surface area contributed by atoms with Crippen LogP contribution in [-0.4, -0.2) is 28.2 Å². The van der Waals surface area contributed by atoms with Crippen LogP contribution in [0.4, 0.5) is 0 Å². The molecular weight excluding hydrogens is 356 g/mol. The van der Waals surface area contributed by atoms with Crippen molar-refractivity contribution in [2.75, 3.05) is 13.7 Å². The Morgan fingerprint density at radius 2 is 2.05 bits per heavy atom. The van der Waals surface area contributed by atoms with Crippen molar-refractivity contribution in [1.29, 1.82) is 0 Å². The van der Waals surface area contributed by atoms with E-state index in [1.807, 2.05) is 6.92 Å². The average Bonchev–Trinajstić information content (AvgIpc) is 2.28. The van der Waals surface area contributed by atoms with Gasteiger partial charge in [-0.3, -0.25) is 0 Å². The Labute approximate surface area is 126 Å². The van der Waals surface area contributed by atoms with Gasteiger partial charge in [0.25, 0.3) is 9.05 Å². The Balaban J connectivity index is 3.12. The Morgan fingerprint density at radius 3 is 2.58 bits per heavy atom. The van der Waals surface area contributed by atoms with E-state index >= 15 is 0 Å². The van der Waals surface area contributed by atoms with Crippen molar-refractivity contribution >= 4 is 35.7 Å². The fourth-order valence-electron chi connectivity index (χ4n) is 1.58. The maximum atomic E-state index is 11.6. The van der Waals surface area contributed by atoms with E-state index in [1.165, 1.54) is 6.07 Å². The molecule has 1 aromatic rings. The minimum absolute atomic E-state index is 0.0229. The third kappa shape index (κ3) is 4.95. The molecule has 1 aromatic carbocycles. The van der Waals surface area contributed by atoms with Crippen molar-refractivity contribution in [1.82, 2.24) is 0 Å². The van der Waals surface area contributed by atoms with Crippen LogP contribution in [0, 0.1) is 6.92 Å². The summed E-state index contributed by atoms with van der Waals surface area (Å²) in [6, 6.07) is 3.22. The van der Waals surface area contributed by atoms with Gasteiger partial charge in [-0.05, 0) is 31.5 Å². The maximum Gasteiger partial charge on any atom is 0.265 e. The van der Waals surface area contributed by atoms with Crippen LogP contribution >= 0.6 is 26.6 Å². The van der Waals surface area contributed by atoms with Gasteiger partial charge in [-0.2, -0.15) is 0 Å². The summed E-state index contributed by atoms with van der Waals surface area (Å²) in [5.41, 5.74) is 0.706. The smallest absolute Gasteiger partial charge is 0.265 e. The number of rotatable bonds is 6. The van der Waals surface area contributed by atoms with E-state index in [0.717, 1.165) is 0 Å². The third-order valence-corrected chi connectivity index (χ3v) is 4.30. The van der Waals surface area contributed by atoms with Crippen LogP contribution in [-0.2, 0) is 13.8 Å². The first kappa shape index (κ1) is 16.8. The van der Waals surface area contributed by atoms with Crippen LogP contribution in [0.5, 0.6) is 5.75 Å². The van der Waals surface area contributed by atoms with Crippen molar-refractivity contribution < 1.29 is 17.9 Å². The Hall–Kier alpha value is -0.300. The summed E-state index contributed by atoms with van der Waals surface area (Å²) in [5, 5.41) is 0. The van der Waals surface area contributed by atoms with Crippen LogP contribution < -0.4 is 4.74 Å². The molecule has 0 bridgehead atoms. The molecule has 1 unspecified atom stereocenters. The van der Waals surface area contributed by atoms with E-state index in [0.29, 0.717) is 28.8 Å². The van der Waals surface area contributed by atoms with Crippen LogP contribution in [0.15, 0.2) is 21.5 Å². The van der Waals surface area contributed by atoms with Gasteiger partial charge in [0.2, 0.25) is 0 Å². The second-order valence-electron chi connectivity index (χ2n) is 4.20. The number of halogens is 2. The molecule has 0 heterocycles. The quantitative estimate of drug-likeness (QED) is 0.718. The normalized spacial score (nSPS) is 13.3. The lowest BCUT2D eigenvalue weighted by molar-refractivity contribution is 0.133. The van der Waals surface area contributed by atoms with E-state index < -0.39 is 9.05 Å². The number of benzene rings is 1. The van der Waals surface area contributed by atoms with Gasteiger partial charge in [0.05, 0.1) is 6.10 Å². The third-order valence-electron chi connectivity index (χ3n) is 2.52. The van der Waals surface area contributed by atoms with Gasteiger partial charge in [-0.1, -0.05) is 15.9 Å². The molecule has 0 saturated carbocycles.